The van der Waals surface area contributed by atoms with Gasteiger partial charge in [-0.1, -0.05) is 18.2 Å². The Bertz CT molecular complexity index is 524. The summed E-state index contributed by atoms with van der Waals surface area (Å²) in [4.78, 5) is 26.7. The van der Waals surface area contributed by atoms with Crippen LogP contribution in [0, 0.1) is 0 Å². The molecule has 20 heavy (non-hydrogen) atoms. The lowest BCUT2D eigenvalue weighted by molar-refractivity contribution is -0.125. The highest BCUT2D eigenvalue weighted by Gasteiger charge is 2.50. The van der Waals surface area contributed by atoms with E-state index in [1.807, 2.05) is 30.3 Å². The molecule has 106 valence electrons. The van der Waals surface area contributed by atoms with Gasteiger partial charge in [0.2, 0.25) is 5.91 Å². The lowest BCUT2D eigenvalue weighted by atomic mass is 9.86. The number of amides is 2. The van der Waals surface area contributed by atoms with Crippen molar-refractivity contribution in [2.24, 2.45) is 0 Å². The van der Waals surface area contributed by atoms with Crippen LogP contribution in [-0.4, -0.2) is 47.3 Å². The summed E-state index contributed by atoms with van der Waals surface area (Å²) >= 11 is 0. The molecule has 0 atom stereocenters. The number of rotatable bonds is 1. The third kappa shape index (κ3) is 1.88. The number of anilines is 1. The second kappa shape index (κ2) is 4.70. The van der Waals surface area contributed by atoms with Gasteiger partial charge in [-0.05, 0) is 25.0 Å². The highest BCUT2D eigenvalue weighted by Crippen LogP contribution is 2.35. The first-order chi connectivity index (χ1) is 9.63. The van der Waals surface area contributed by atoms with E-state index < -0.39 is 11.6 Å². The Morgan fingerprint density at radius 1 is 1.20 bits per heavy atom. The van der Waals surface area contributed by atoms with Gasteiger partial charge in [0.15, 0.2) is 0 Å². The molecule has 0 saturated carbocycles. The minimum atomic E-state index is -0.912. The van der Waals surface area contributed by atoms with Crippen LogP contribution in [0.3, 0.4) is 0 Å². The van der Waals surface area contributed by atoms with Crippen molar-refractivity contribution >= 4 is 17.7 Å². The number of para-hydroxylation sites is 1. The van der Waals surface area contributed by atoms with Crippen LogP contribution >= 0.6 is 0 Å². The molecular formula is C14H17N3O3. The highest BCUT2D eigenvalue weighted by molar-refractivity contribution is 5.93. The second-order valence-corrected chi connectivity index (χ2v) is 5.23. The van der Waals surface area contributed by atoms with Crippen molar-refractivity contribution in [3.63, 3.8) is 0 Å². The number of piperidine rings is 1. The number of nitrogens with zero attached hydrogens (tertiary/aromatic N) is 2. The van der Waals surface area contributed by atoms with E-state index in [4.69, 9.17) is 5.11 Å². The molecule has 0 unspecified atom stereocenters. The van der Waals surface area contributed by atoms with Crippen LogP contribution < -0.4 is 10.2 Å². The summed E-state index contributed by atoms with van der Waals surface area (Å²) in [6.45, 7) is 1.27. The Labute approximate surface area is 117 Å². The zero-order chi connectivity index (χ0) is 14.2. The average molecular weight is 275 g/mol. The normalized spacial score (nSPS) is 21.1. The van der Waals surface area contributed by atoms with E-state index in [2.05, 4.69) is 10.2 Å². The lowest BCUT2D eigenvalue weighted by Gasteiger charge is -2.42. The SMILES string of the molecule is O=C(O)N1CCC2(CC1)C(=O)NCN2c1ccccc1. The number of hydrogen-bond acceptors (Lipinski definition) is 3. The Kier molecular flexibility index (Phi) is 3.00. The lowest BCUT2D eigenvalue weighted by Crippen LogP contribution is -2.57. The van der Waals surface area contributed by atoms with Gasteiger partial charge < -0.3 is 20.2 Å². The molecule has 3 rings (SSSR count). The number of carbonyl (C=O) groups is 2. The summed E-state index contributed by atoms with van der Waals surface area (Å²) in [5.74, 6) is 0.00592. The third-order valence-electron chi connectivity index (χ3n) is 4.27. The third-order valence-corrected chi connectivity index (χ3v) is 4.27. The summed E-state index contributed by atoms with van der Waals surface area (Å²) in [6, 6.07) is 9.78. The van der Waals surface area contributed by atoms with Crippen molar-refractivity contribution in [1.82, 2.24) is 10.2 Å². The molecule has 2 fully saturated rings. The molecule has 2 heterocycles. The maximum absolute atomic E-state index is 12.3. The van der Waals surface area contributed by atoms with Crippen molar-refractivity contribution in [3.8, 4) is 0 Å². The molecule has 2 aliphatic heterocycles. The molecule has 1 spiro atoms. The molecule has 0 bridgehead atoms. The topological polar surface area (TPSA) is 72.9 Å². The molecule has 1 aromatic rings. The van der Waals surface area contributed by atoms with Crippen molar-refractivity contribution in [1.29, 1.82) is 0 Å². The number of carbonyl (C=O) groups excluding carboxylic acids is 1. The van der Waals surface area contributed by atoms with Gasteiger partial charge in [0.25, 0.3) is 0 Å². The fourth-order valence-corrected chi connectivity index (χ4v) is 3.10. The van der Waals surface area contributed by atoms with Crippen molar-refractivity contribution < 1.29 is 14.7 Å². The second-order valence-electron chi connectivity index (χ2n) is 5.23. The predicted octanol–water partition coefficient (Wildman–Crippen LogP) is 1.09. The minimum Gasteiger partial charge on any atom is -0.465 e. The first-order valence-electron chi connectivity index (χ1n) is 6.72. The van der Waals surface area contributed by atoms with Crippen molar-refractivity contribution in [2.45, 2.75) is 18.4 Å². The molecule has 2 saturated heterocycles. The molecule has 0 aliphatic carbocycles. The van der Waals surface area contributed by atoms with Crippen molar-refractivity contribution in [2.75, 3.05) is 24.7 Å². The Morgan fingerprint density at radius 2 is 1.85 bits per heavy atom. The molecule has 2 N–H and O–H groups in total. The summed E-state index contributed by atoms with van der Waals surface area (Å²) in [7, 11) is 0. The number of benzene rings is 1. The zero-order valence-corrected chi connectivity index (χ0v) is 11.1. The molecule has 6 nitrogen and oxygen atoms in total. The highest BCUT2D eigenvalue weighted by atomic mass is 16.4. The molecule has 2 amide bonds. The molecule has 6 heteroatoms. The van der Waals surface area contributed by atoms with E-state index in [-0.39, 0.29) is 5.91 Å². The number of hydrogen-bond donors (Lipinski definition) is 2. The summed E-state index contributed by atoms with van der Waals surface area (Å²) in [6.07, 6.45) is 0.143. The average Bonchev–Trinajstić information content (AvgIpc) is 2.78. The van der Waals surface area contributed by atoms with Crippen LogP contribution in [0.2, 0.25) is 0 Å². The van der Waals surface area contributed by atoms with Gasteiger partial charge in [0.1, 0.15) is 5.54 Å². The minimum absolute atomic E-state index is 0.00592. The fraction of sp³-hybridized carbons (Fsp3) is 0.429. The van der Waals surface area contributed by atoms with Crippen LogP contribution in [-0.2, 0) is 4.79 Å². The van der Waals surface area contributed by atoms with Gasteiger partial charge in [-0.3, -0.25) is 4.79 Å². The Morgan fingerprint density at radius 3 is 2.45 bits per heavy atom. The number of nitrogens with one attached hydrogen (secondary N) is 1. The van der Waals surface area contributed by atoms with Gasteiger partial charge in [0, 0.05) is 18.8 Å². The smallest absolute Gasteiger partial charge is 0.407 e. The maximum atomic E-state index is 12.3. The standard InChI is InChI=1S/C14H17N3O3/c18-12-14(6-8-16(9-7-14)13(19)20)17(10-15-12)11-4-2-1-3-5-11/h1-5H,6-10H2,(H,15,18)(H,19,20). The predicted molar refractivity (Wildman–Crippen MR) is 73.5 cm³/mol. The van der Waals surface area contributed by atoms with Gasteiger partial charge in [-0.15, -0.1) is 0 Å². The largest absolute Gasteiger partial charge is 0.465 e. The monoisotopic (exact) mass is 275 g/mol. The van der Waals surface area contributed by atoms with Crippen LogP contribution in [0.15, 0.2) is 30.3 Å². The maximum Gasteiger partial charge on any atom is 0.407 e. The first kappa shape index (κ1) is 12.8. The van der Waals surface area contributed by atoms with Gasteiger partial charge in [-0.25, -0.2) is 4.79 Å². The van der Waals surface area contributed by atoms with E-state index in [0.717, 1.165) is 5.69 Å². The van der Waals surface area contributed by atoms with E-state index in [1.54, 1.807) is 0 Å². The van der Waals surface area contributed by atoms with Crippen LogP contribution in [0.5, 0.6) is 0 Å². The van der Waals surface area contributed by atoms with E-state index in [9.17, 15) is 9.59 Å². The fourth-order valence-electron chi connectivity index (χ4n) is 3.10. The van der Waals surface area contributed by atoms with E-state index >= 15 is 0 Å². The van der Waals surface area contributed by atoms with Gasteiger partial charge in [-0.2, -0.15) is 0 Å². The Balaban J connectivity index is 1.86. The van der Waals surface area contributed by atoms with Crippen LogP contribution in [0.25, 0.3) is 0 Å². The number of carboxylic acid groups (broad SMARTS) is 1. The molecular weight excluding hydrogens is 258 g/mol. The zero-order valence-electron chi connectivity index (χ0n) is 11.1. The van der Waals surface area contributed by atoms with Gasteiger partial charge in [0.05, 0.1) is 6.67 Å². The summed E-state index contributed by atoms with van der Waals surface area (Å²) < 4.78 is 0. The molecule has 0 radical (unpaired) electrons. The summed E-state index contributed by atoms with van der Waals surface area (Å²) in [5.41, 5.74) is 0.391. The van der Waals surface area contributed by atoms with Crippen molar-refractivity contribution in [3.05, 3.63) is 30.3 Å². The molecule has 1 aromatic carbocycles. The van der Waals surface area contributed by atoms with E-state index in [0.29, 0.717) is 32.6 Å². The Hall–Kier alpha value is -2.24. The van der Waals surface area contributed by atoms with Crippen LogP contribution in [0.1, 0.15) is 12.8 Å². The first-order valence-corrected chi connectivity index (χ1v) is 6.72. The number of likely N-dealkylation sites (tertiary alicyclic amines) is 1. The quantitative estimate of drug-likeness (QED) is 0.805. The van der Waals surface area contributed by atoms with Crippen LogP contribution in [0.4, 0.5) is 10.5 Å². The molecule has 0 aromatic heterocycles. The summed E-state index contributed by atoms with van der Waals surface area (Å²) in [5, 5.41) is 11.9. The van der Waals surface area contributed by atoms with Gasteiger partial charge >= 0.3 is 6.09 Å². The van der Waals surface area contributed by atoms with E-state index in [1.165, 1.54) is 4.90 Å². The molecule has 2 aliphatic rings.